The number of nitrogens with one attached hydrogen (secondary N) is 2. The Kier molecular flexibility index (Phi) is 4.91. The molecule has 0 saturated heterocycles. The van der Waals surface area contributed by atoms with Gasteiger partial charge in [0, 0.05) is 39.0 Å². The molecular formula is C24H21N7S. The van der Waals surface area contributed by atoms with E-state index in [0.29, 0.717) is 17.2 Å². The van der Waals surface area contributed by atoms with E-state index in [1.54, 1.807) is 29.8 Å². The van der Waals surface area contributed by atoms with Crippen molar-refractivity contribution in [3.05, 3.63) is 82.6 Å². The van der Waals surface area contributed by atoms with E-state index in [2.05, 4.69) is 45.8 Å². The Balaban J connectivity index is 1.61. The van der Waals surface area contributed by atoms with Gasteiger partial charge in [0.2, 0.25) is 0 Å². The summed E-state index contributed by atoms with van der Waals surface area (Å²) in [6.45, 7) is 7.98. The molecule has 0 bridgehead atoms. The highest BCUT2D eigenvalue weighted by molar-refractivity contribution is 7.13. The Morgan fingerprint density at radius 2 is 2.00 bits per heavy atom. The number of imidazole rings is 1. The minimum Gasteiger partial charge on any atom is -0.397 e. The SMILES string of the molecule is C=C/C=C(/c1ccc(C)s1)c1nc(-c2n[nH]c3ccc(-c4cncc(N)c4)nc23)[nH]c1C. The maximum absolute atomic E-state index is 5.90. The predicted octanol–water partition coefficient (Wildman–Crippen LogP) is 5.29. The number of H-pyrrole nitrogens is 2. The third-order valence-electron chi connectivity index (χ3n) is 5.12. The minimum atomic E-state index is 0.591. The molecule has 0 radical (unpaired) electrons. The summed E-state index contributed by atoms with van der Waals surface area (Å²) in [5.41, 5.74) is 13.2. The normalized spacial score (nSPS) is 11.9. The standard InChI is InChI=1S/C24H21N7S/c1-4-5-17(20-9-6-13(2)32-20)21-14(3)27-24(29-21)23-22-19(30-31-23)8-7-18(28-22)15-10-16(25)12-26-11-15/h4-12H,1,25H2,2-3H3,(H,27,29)(H,30,31)/b17-5-. The molecule has 32 heavy (non-hydrogen) atoms. The highest BCUT2D eigenvalue weighted by atomic mass is 32.1. The Morgan fingerprint density at radius 3 is 2.75 bits per heavy atom. The number of rotatable bonds is 5. The first kappa shape index (κ1) is 19.9. The van der Waals surface area contributed by atoms with E-state index in [1.165, 1.54) is 4.88 Å². The third kappa shape index (κ3) is 3.50. The summed E-state index contributed by atoms with van der Waals surface area (Å²) in [5, 5.41) is 7.55. The number of nitrogens with two attached hydrogens (primary N) is 1. The van der Waals surface area contributed by atoms with Gasteiger partial charge in [0.1, 0.15) is 5.52 Å². The van der Waals surface area contributed by atoms with Gasteiger partial charge in [-0.05, 0) is 44.2 Å². The number of hydrogen-bond acceptors (Lipinski definition) is 6. The number of anilines is 1. The van der Waals surface area contributed by atoms with Crippen molar-refractivity contribution in [3.8, 4) is 22.8 Å². The van der Waals surface area contributed by atoms with Gasteiger partial charge < -0.3 is 10.7 Å². The third-order valence-corrected chi connectivity index (χ3v) is 6.15. The Bertz CT molecular complexity index is 1490. The van der Waals surface area contributed by atoms with E-state index in [1.807, 2.05) is 31.2 Å². The number of fused-ring (bicyclic) bond motifs is 1. The number of aromatic amines is 2. The fourth-order valence-corrected chi connectivity index (χ4v) is 4.53. The second kappa shape index (κ2) is 7.90. The van der Waals surface area contributed by atoms with Crippen LogP contribution in [0.15, 0.2) is 61.5 Å². The average Bonchev–Trinajstić information content (AvgIpc) is 3.50. The molecule has 5 aromatic rings. The van der Waals surface area contributed by atoms with Gasteiger partial charge in [0.05, 0.1) is 22.6 Å². The van der Waals surface area contributed by atoms with E-state index in [0.717, 1.165) is 44.1 Å². The lowest BCUT2D eigenvalue weighted by Crippen LogP contribution is -1.91. The van der Waals surface area contributed by atoms with Gasteiger partial charge in [-0.25, -0.2) is 9.97 Å². The number of hydrogen-bond donors (Lipinski definition) is 3. The molecule has 0 saturated carbocycles. The molecule has 5 rings (SSSR count). The first-order valence-electron chi connectivity index (χ1n) is 10.1. The van der Waals surface area contributed by atoms with Gasteiger partial charge in [-0.2, -0.15) is 5.10 Å². The van der Waals surface area contributed by atoms with Crippen LogP contribution in [0.4, 0.5) is 5.69 Å². The first-order valence-corrected chi connectivity index (χ1v) is 10.9. The summed E-state index contributed by atoms with van der Waals surface area (Å²) in [6.07, 6.45) is 7.14. The van der Waals surface area contributed by atoms with Gasteiger partial charge in [0.15, 0.2) is 11.5 Å². The number of pyridine rings is 2. The van der Waals surface area contributed by atoms with Crippen LogP contribution in [0.2, 0.25) is 0 Å². The summed E-state index contributed by atoms with van der Waals surface area (Å²) in [4.78, 5) is 19.7. The minimum absolute atomic E-state index is 0.591. The molecule has 5 heterocycles. The van der Waals surface area contributed by atoms with Crippen molar-refractivity contribution in [2.45, 2.75) is 13.8 Å². The van der Waals surface area contributed by atoms with Crippen molar-refractivity contribution in [1.29, 1.82) is 0 Å². The van der Waals surface area contributed by atoms with Crippen LogP contribution in [0.5, 0.6) is 0 Å². The van der Waals surface area contributed by atoms with E-state index in [4.69, 9.17) is 15.7 Å². The molecule has 0 unspecified atom stereocenters. The predicted molar refractivity (Wildman–Crippen MR) is 130 cm³/mol. The van der Waals surface area contributed by atoms with E-state index in [-0.39, 0.29) is 0 Å². The molecule has 0 aliphatic heterocycles. The monoisotopic (exact) mass is 439 g/mol. The van der Waals surface area contributed by atoms with E-state index in [9.17, 15) is 0 Å². The molecule has 0 atom stereocenters. The fraction of sp³-hybridized carbons (Fsp3) is 0.0833. The summed E-state index contributed by atoms with van der Waals surface area (Å²) in [6, 6.07) is 9.94. The fourth-order valence-electron chi connectivity index (χ4n) is 3.63. The smallest absolute Gasteiger partial charge is 0.161 e. The second-order valence-corrected chi connectivity index (χ2v) is 8.75. The molecule has 0 aliphatic rings. The first-order chi connectivity index (χ1) is 15.5. The molecule has 7 nitrogen and oxygen atoms in total. The molecule has 158 valence electrons. The maximum Gasteiger partial charge on any atom is 0.161 e. The molecule has 0 amide bonds. The lowest BCUT2D eigenvalue weighted by molar-refractivity contribution is 1.10. The number of nitrogen functional groups attached to an aromatic ring is 1. The van der Waals surface area contributed by atoms with Crippen LogP contribution in [0, 0.1) is 13.8 Å². The molecule has 4 N–H and O–H groups in total. The summed E-state index contributed by atoms with van der Waals surface area (Å²) in [7, 11) is 0. The van der Waals surface area contributed by atoms with Crippen molar-refractivity contribution in [3.63, 3.8) is 0 Å². The average molecular weight is 440 g/mol. The van der Waals surface area contributed by atoms with Gasteiger partial charge >= 0.3 is 0 Å². The van der Waals surface area contributed by atoms with Crippen LogP contribution in [-0.2, 0) is 0 Å². The number of nitrogens with zero attached hydrogens (tertiary/aromatic N) is 4. The lowest BCUT2D eigenvalue weighted by Gasteiger charge is -2.02. The van der Waals surface area contributed by atoms with Gasteiger partial charge in [0.25, 0.3) is 0 Å². The molecule has 0 fully saturated rings. The van der Waals surface area contributed by atoms with Crippen molar-refractivity contribution >= 4 is 33.6 Å². The Hall–Kier alpha value is -4.04. The van der Waals surface area contributed by atoms with Crippen molar-refractivity contribution in [1.82, 2.24) is 30.1 Å². The van der Waals surface area contributed by atoms with Gasteiger partial charge in [-0.3, -0.25) is 10.1 Å². The number of thiophene rings is 1. The van der Waals surface area contributed by atoms with Crippen LogP contribution in [-0.4, -0.2) is 30.1 Å². The van der Waals surface area contributed by atoms with Crippen molar-refractivity contribution < 1.29 is 0 Å². The highest BCUT2D eigenvalue weighted by Gasteiger charge is 2.19. The molecule has 8 heteroatoms. The Morgan fingerprint density at radius 1 is 1.12 bits per heavy atom. The van der Waals surface area contributed by atoms with Crippen molar-refractivity contribution in [2.24, 2.45) is 0 Å². The molecule has 5 aromatic heterocycles. The largest absolute Gasteiger partial charge is 0.397 e. The molecule has 0 aliphatic carbocycles. The number of aromatic nitrogens is 6. The van der Waals surface area contributed by atoms with Crippen LogP contribution >= 0.6 is 11.3 Å². The van der Waals surface area contributed by atoms with E-state index < -0.39 is 0 Å². The van der Waals surface area contributed by atoms with Crippen LogP contribution in [0.25, 0.3) is 39.4 Å². The summed E-state index contributed by atoms with van der Waals surface area (Å²) >= 11 is 1.73. The summed E-state index contributed by atoms with van der Waals surface area (Å²) < 4.78 is 0. The van der Waals surface area contributed by atoms with Crippen LogP contribution < -0.4 is 5.73 Å². The number of aryl methyl sites for hydroxylation is 2. The zero-order chi connectivity index (χ0) is 22.2. The van der Waals surface area contributed by atoms with Gasteiger partial charge in [-0.1, -0.05) is 18.7 Å². The zero-order valence-electron chi connectivity index (χ0n) is 17.7. The van der Waals surface area contributed by atoms with Crippen molar-refractivity contribution in [2.75, 3.05) is 5.73 Å². The molecular weight excluding hydrogens is 418 g/mol. The summed E-state index contributed by atoms with van der Waals surface area (Å²) in [5.74, 6) is 0.655. The topological polar surface area (TPSA) is 109 Å². The quantitative estimate of drug-likeness (QED) is 0.322. The van der Waals surface area contributed by atoms with Crippen LogP contribution in [0.1, 0.15) is 21.1 Å². The maximum atomic E-state index is 5.90. The zero-order valence-corrected chi connectivity index (χ0v) is 18.5. The highest BCUT2D eigenvalue weighted by Crippen LogP contribution is 2.33. The van der Waals surface area contributed by atoms with Gasteiger partial charge in [-0.15, -0.1) is 11.3 Å². The molecule has 0 spiro atoms. The van der Waals surface area contributed by atoms with E-state index >= 15 is 0 Å². The second-order valence-electron chi connectivity index (χ2n) is 7.46. The molecule has 0 aromatic carbocycles. The van der Waals surface area contributed by atoms with Crippen LogP contribution in [0.3, 0.4) is 0 Å². The lowest BCUT2D eigenvalue weighted by atomic mass is 10.1. The Labute approximate surface area is 188 Å². The number of allylic oxidation sites excluding steroid dienone is 2.